The molecule has 0 aliphatic rings. The summed E-state index contributed by atoms with van der Waals surface area (Å²) < 4.78 is 4.77. The van der Waals surface area contributed by atoms with Crippen LogP contribution in [0.2, 0.25) is 0 Å². The number of rotatable bonds is 4. The zero-order valence-electron chi connectivity index (χ0n) is 10.8. The quantitative estimate of drug-likeness (QED) is 0.512. The van der Waals surface area contributed by atoms with Gasteiger partial charge in [-0.1, -0.05) is 12.1 Å². The number of carbonyl (C=O) groups is 2. The van der Waals surface area contributed by atoms with Gasteiger partial charge in [-0.25, -0.2) is 4.85 Å². The minimum absolute atomic E-state index is 0.0749. The van der Waals surface area contributed by atoms with Gasteiger partial charge in [-0.2, -0.15) is 0 Å². The number of nitrogens with one attached hydrogen (secondary N) is 1. The molecule has 5 heteroatoms. The summed E-state index contributed by atoms with van der Waals surface area (Å²) in [6.07, 6.45) is 1.45. The lowest BCUT2D eigenvalue weighted by molar-refractivity contribution is -0.138. The molecule has 0 aliphatic heterocycles. The number of benzene rings is 1. The highest BCUT2D eigenvalue weighted by Crippen LogP contribution is 2.14. The largest absolute Gasteiger partial charge is 0.471 e. The van der Waals surface area contributed by atoms with Gasteiger partial charge in [0.2, 0.25) is 5.91 Å². The van der Waals surface area contributed by atoms with E-state index in [4.69, 9.17) is 11.3 Å². The van der Waals surface area contributed by atoms with Crippen LogP contribution >= 0.6 is 0 Å². The second-order valence-electron chi connectivity index (χ2n) is 3.67. The fraction of sp³-hybridized carbons (Fsp3) is 0.214. The third-order valence-electron chi connectivity index (χ3n) is 2.14. The normalized spacial score (nSPS) is 10.5. The second kappa shape index (κ2) is 6.97. The molecule has 0 radical (unpaired) electrons. The van der Waals surface area contributed by atoms with E-state index in [0.29, 0.717) is 11.3 Å². The second-order valence-corrected chi connectivity index (χ2v) is 3.67. The van der Waals surface area contributed by atoms with E-state index in [2.05, 4.69) is 10.2 Å². The van der Waals surface area contributed by atoms with Crippen LogP contribution in [-0.4, -0.2) is 18.5 Å². The maximum absolute atomic E-state index is 11.4. The summed E-state index contributed by atoms with van der Waals surface area (Å²) in [6.45, 7) is 10.3. The maximum atomic E-state index is 11.4. The van der Waals surface area contributed by atoms with E-state index in [1.165, 1.54) is 13.0 Å². The Kier molecular flexibility index (Phi) is 5.30. The molecule has 1 aromatic rings. The lowest BCUT2D eigenvalue weighted by Gasteiger charge is -2.03. The summed E-state index contributed by atoms with van der Waals surface area (Å²) in [5.41, 5.74) is 1.27. The summed E-state index contributed by atoms with van der Waals surface area (Å²) in [7, 11) is 0. The van der Waals surface area contributed by atoms with Crippen LogP contribution in [0.25, 0.3) is 10.9 Å². The molecular weight excluding hydrogens is 244 g/mol. The van der Waals surface area contributed by atoms with Gasteiger partial charge in [0.05, 0.1) is 13.2 Å². The summed E-state index contributed by atoms with van der Waals surface area (Å²) in [5, 5.41) is 2.63. The van der Waals surface area contributed by atoms with Gasteiger partial charge < -0.3 is 10.1 Å². The molecule has 5 nitrogen and oxygen atoms in total. The number of hydrogen-bond acceptors (Lipinski definition) is 3. The van der Waals surface area contributed by atoms with Crippen molar-refractivity contribution in [2.45, 2.75) is 13.8 Å². The van der Waals surface area contributed by atoms with Crippen LogP contribution in [0.15, 0.2) is 30.0 Å². The van der Waals surface area contributed by atoms with Gasteiger partial charge in [-0.15, -0.1) is 0 Å². The molecular formula is C14H14N2O3. The van der Waals surface area contributed by atoms with Crippen molar-refractivity contribution in [3.63, 3.8) is 0 Å². The van der Waals surface area contributed by atoms with Gasteiger partial charge in [-0.3, -0.25) is 9.59 Å². The van der Waals surface area contributed by atoms with Crippen molar-refractivity contribution in [1.82, 2.24) is 0 Å². The average Bonchev–Trinajstić information content (AvgIpc) is 2.37. The Bertz CT molecular complexity index is 539. The van der Waals surface area contributed by atoms with Crippen molar-refractivity contribution < 1.29 is 14.3 Å². The van der Waals surface area contributed by atoms with Gasteiger partial charge in [0.25, 0.3) is 5.70 Å². The van der Waals surface area contributed by atoms with Crippen molar-refractivity contribution in [3.8, 4) is 0 Å². The molecule has 1 aromatic carbocycles. The number of hydrogen-bond donors (Lipinski definition) is 1. The molecule has 19 heavy (non-hydrogen) atoms. The summed E-state index contributed by atoms with van der Waals surface area (Å²) in [4.78, 5) is 25.4. The van der Waals surface area contributed by atoms with Crippen LogP contribution in [0.1, 0.15) is 19.4 Å². The summed E-state index contributed by atoms with van der Waals surface area (Å²) >= 11 is 0. The SMILES string of the molecule is [C-]#[N+]/C(=C\c1ccc(NC(C)=O)cc1)C(=O)OCC. The fourth-order valence-electron chi connectivity index (χ4n) is 1.37. The smallest absolute Gasteiger partial charge is 0.336 e. The predicted molar refractivity (Wildman–Crippen MR) is 72.0 cm³/mol. The highest BCUT2D eigenvalue weighted by molar-refractivity contribution is 5.95. The van der Waals surface area contributed by atoms with Crippen LogP contribution in [0, 0.1) is 6.57 Å². The van der Waals surface area contributed by atoms with E-state index < -0.39 is 5.97 Å². The summed E-state index contributed by atoms with van der Waals surface area (Å²) in [5.74, 6) is -0.792. The Morgan fingerprint density at radius 3 is 2.47 bits per heavy atom. The molecule has 1 N–H and O–H groups in total. The van der Waals surface area contributed by atoms with E-state index in [1.807, 2.05) is 0 Å². The number of anilines is 1. The van der Waals surface area contributed by atoms with E-state index >= 15 is 0 Å². The number of ether oxygens (including phenoxy) is 1. The highest BCUT2D eigenvalue weighted by Gasteiger charge is 2.10. The van der Waals surface area contributed by atoms with Crippen molar-refractivity contribution in [2.24, 2.45) is 0 Å². The molecule has 0 aromatic heterocycles. The van der Waals surface area contributed by atoms with Crippen LogP contribution in [-0.2, 0) is 14.3 Å². The van der Waals surface area contributed by atoms with E-state index in [-0.39, 0.29) is 18.2 Å². The Morgan fingerprint density at radius 2 is 2.00 bits per heavy atom. The predicted octanol–water partition coefficient (Wildman–Crippen LogP) is 2.47. The zero-order chi connectivity index (χ0) is 14.3. The molecule has 0 heterocycles. The number of nitrogens with zero attached hydrogens (tertiary/aromatic N) is 1. The van der Waals surface area contributed by atoms with Gasteiger partial charge in [0.1, 0.15) is 0 Å². The van der Waals surface area contributed by atoms with Crippen molar-refractivity contribution in [1.29, 1.82) is 0 Å². The third-order valence-corrected chi connectivity index (χ3v) is 2.14. The Labute approximate surface area is 111 Å². The molecule has 0 atom stereocenters. The molecule has 0 bridgehead atoms. The van der Waals surface area contributed by atoms with Crippen molar-refractivity contribution >= 4 is 23.6 Å². The molecule has 98 valence electrons. The molecule has 0 saturated heterocycles. The zero-order valence-corrected chi connectivity index (χ0v) is 10.8. The Hall–Kier alpha value is -2.61. The monoisotopic (exact) mass is 258 g/mol. The molecule has 0 spiro atoms. The average molecular weight is 258 g/mol. The van der Waals surface area contributed by atoms with Crippen LogP contribution in [0.5, 0.6) is 0 Å². The number of amides is 1. The number of carbonyl (C=O) groups excluding carboxylic acids is 2. The summed E-state index contributed by atoms with van der Waals surface area (Å²) in [6, 6.07) is 6.80. The van der Waals surface area contributed by atoms with Gasteiger partial charge in [0.15, 0.2) is 0 Å². The van der Waals surface area contributed by atoms with E-state index in [9.17, 15) is 9.59 Å². The lowest BCUT2D eigenvalue weighted by Crippen LogP contribution is -2.05. The van der Waals surface area contributed by atoms with E-state index in [1.54, 1.807) is 31.2 Å². The van der Waals surface area contributed by atoms with Gasteiger partial charge in [-0.05, 0) is 30.7 Å². The molecule has 0 unspecified atom stereocenters. The Balaban J connectivity index is 2.88. The molecule has 0 aliphatic carbocycles. The minimum Gasteiger partial charge on any atom is -0.471 e. The van der Waals surface area contributed by atoms with Crippen molar-refractivity contribution in [2.75, 3.05) is 11.9 Å². The molecule has 1 amide bonds. The Morgan fingerprint density at radius 1 is 1.37 bits per heavy atom. The minimum atomic E-state index is -0.636. The standard InChI is InChI=1S/C14H14N2O3/c1-4-19-14(18)13(15-3)9-11-5-7-12(8-6-11)16-10(2)17/h5-9H,4H2,1-2H3,(H,16,17)/b13-9-. The van der Waals surface area contributed by atoms with Crippen LogP contribution in [0.4, 0.5) is 5.69 Å². The first-order valence-electron chi connectivity index (χ1n) is 5.70. The van der Waals surface area contributed by atoms with E-state index in [0.717, 1.165) is 0 Å². The van der Waals surface area contributed by atoms with Gasteiger partial charge >= 0.3 is 5.97 Å². The first-order valence-corrected chi connectivity index (χ1v) is 5.70. The molecule has 1 rings (SSSR count). The topological polar surface area (TPSA) is 59.8 Å². The molecule has 0 fully saturated rings. The lowest BCUT2D eigenvalue weighted by atomic mass is 10.1. The van der Waals surface area contributed by atoms with Crippen LogP contribution in [0.3, 0.4) is 0 Å². The fourth-order valence-corrected chi connectivity index (χ4v) is 1.37. The third kappa shape index (κ3) is 4.64. The molecule has 0 saturated carbocycles. The number of esters is 1. The first-order chi connectivity index (χ1) is 9.06. The van der Waals surface area contributed by atoms with Crippen LogP contribution < -0.4 is 5.32 Å². The maximum Gasteiger partial charge on any atom is 0.336 e. The first kappa shape index (κ1) is 14.5. The van der Waals surface area contributed by atoms with Crippen molar-refractivity contribution in [3.05, 3.63) is 46.9 Å². The van der Waals surface area contributed by atoms with Gasteiger partial charge in [0, 0.05) is 12.6 Å². The highest BCUT2D eigenvalue weighted by atomic mass is 16.5.